The van der Waals surface area contributed by atoms with Gasteiger partial charge >= 0.3 is 6.36 Å². The lowest BCUT2D eigenvalue weighted by atomic mass is 10.3. The van der Waals surface area contributed by atoms with Crippen molar-refractivity contribution in [2.24, 2.45) is 0 Å². The van der Waals surface area contributed by atoms with Gasteiger partial charge in [0.25, 0.3) is 0 Å². The van der Waals surface area contributed by atoms with Crippen LogP contribution in [0, 0.1) is 11.3 Å². The van der Waals surface area contributed by atoms with Gasteiger partial charge < -0.3 is 4.74 Å². The van der Waals surface area contributed by atoms with Crippen LogP contribution in [0.4, 0.5) is 13.2 Å². The number of aromatic nitrogens is 1. The van der Waals surface area contributed by atoms with Gasteiger partial charge in [-0.2, -0.15) is 5.26 Å². The fourth-order valence-electron chi connectivity index (χ4n) is 0.749. The molecule has 8 heteroatoms. The van der Waals surface area contributed by atoms with E-state index < -0.39 is 22.8 Å². The average molecular weight is 257 g/mol. The molecule has 0 aromatic carbocycles. The summed E-state index contributed by atoms with van der Waals surface area (Å²) in [5.74, 6) is -0.749. The van der Waals surface area contributed by atoms with Gasteiger partial charge in [-0.15, -0.1) is 13.2 Å². The van der Waals surface area contributed by atoms with Crippen LogP contribution in [0.5, 0.6) is 5.75 Å². The molecule has 1 rings (SSSR count). The molecule has 0 N–H and O–H groups in total. The van der Waals surface area contributed by atoms with Crippen LogP contribution in [-0.2, 0) is 0 Å². The molecule has 80 valence electrons. The summed E-state index contributed by atoms with van der Waals surface area (Å²) in [7, 11) is 0. The van der Waals surface area contributed by atoms with Crippen molar-refractivity contribution in [3.8, 4) is 11.8 Å². The van der Waals surface area contributed by atoms with Gasteiger partial charge in [-0.1, -0.05) is 23.2 Å². The highest BCUT2D eigenvalue weighted by Crippen LogP contribution is 2.33. The molecule has 0 saturated carbocycles. The van der Waals surface area contributed by atoms with Crippen molar-refractivity contribution >= 4 is 23.2 Å². The standard InChI is InChI=1S/C7HCl2F3N2O/c8-5-1-4(15-7(10,11)12)6(9)3(2-13)14-5/h1H. The Balaban J connectivity index is 3.20. The zero-order valence-electron chi connectivity index (χ0n) is 6.77. The predicted octanol–water partition coefficient (Wildman–Crippen LogP) is 3.16. The molecule has 0 bridgehead atoms. The third-order valence-electron chi connectivity index (χ3n) is 1.22. The van der Waals surface area contributed by atoms with Gasteiger partial charge in [0, 0.05) is 6.07 Å². The molecular formula is C7HCl2F3N2O. The second-order valence-electron chi connectivity index (χ2n) is 2.27. The van der Waals surface area contributed by atoms with Crippen LogP contribution in [0.15, 0.2) is 6.07 Å². The van der Waals surface area contributed by atoms with E-state index in [0.29, 0.717) is 0 Å². The maximum absolute atomic E-state index is 11.9. The van der Waals surface area contributed by atoms with Crippen LogP contribution in [-0.4, -0.2) is 11.3 Å². The molecule has 0 spiro atoms. The van der Waals surface area contributed by atoms with Crippen molar-refractivity contribution in [1.29, 1.82) is 5.26 Å². The van der Waals surface area contributed by atoms with E-state index in [4.69, 9.17) is 28.5 Å². The molecule has 0 amide bonds. The molecule has 1 heterocycles. The Hall–Kier alpha value is -1.19. The van der Waals surface area contributed by atoms with Crippen LogP contribution in [0.3, 0.4) is 0 Å². The first-order chi connectivity index (χ1) is 6.83. The minimum atomic E-state index is -4.90. The monoisotopic (exact) mass is 256 g/mol. The maximum Gasteiger partial charge on any atom is 0.573 e. The van der Waals surface area contributed by atoms with Crippen LogP contribution >= 0.6 is 23.2 Å². The van der Waals surface area contributed by atoms with Crippen molar-refractivity contribution in [3.05, 3.63) is 21.9 Å². The Labute approximate surface area is 92.0 Å². The first kappa shape index (κ1) is 11.9. The van der Waals surface area contributed by atoms with E-state index in [1.807, 2.05) is 0 Å². The Morgan fingerprint density at radius 1 is 1.40 bits per heavy atom. The summed E-state index contributed by atoms with van der Waals surface area (Å²) in [6.45, 7) is 0. The van der Waals surface area contributed by atoms with E-state index in [0.717, 1.165) is 6.07 Å². The summed E-state index contributed by atoms with van der Waals surface area (Å²) in [5.41, 5.74) is -0.427. The van der Waals surface area contributed by atoms with Crippen molar-refractivity contribution in [2.75, 3.05) is 0 Å². The Morgan fingerprint density at radius 3 is 2.47 bits per heavy atom. The first-order valence-corrected chi connectivity index (χ1v) is 4.11. The summed E-state index contributed by atoms with van der Waals surface area (Å²) >= 11 is 10.8. The summed E-state index contributed by atoms with van der Waals surface area (Å²) < 4.78 is 39.1. The molecule has 3 nitrogen and oxygen atoms in total. The number of nitrogens with zero attached hydrogens (tertiary/aromatic N) is 2. The number of rotatable bonds is 1. The number of halogens is 5. The van der Waals surface area contributed by atoms with Gasteiger partial charge in [0.2, 0.25) is 0 Å². The summed E-state index contributed by atoms with van der Waals surface area (Å²) in [6, 6.07) is 2.26. The van der Waals surface area contributed by atoms with Gasteiger partial charge in [0.1, 0.15) is 16.2 Å². The van der Waals surface area contributed by atoms with Crippen molar-refractivity contribution in [2.45, 2.75) is 6.36 Å². The summed E-state index contributed by atoms with van der Waals surface area (Å²) in [4.78, 5) is 3.41. The lowest BCUT2D eigenvalue weighted by Crippen LogP contribution is -2.17. The number of nitriles is 1. The molecule has 0 unspecified atom stereocenters. The third kappa shape index (κ3) is 3.15. The van der Waals surface area contributed by atoms with Crippen LogP contribution in [0.2, 0.25) is 10.2 Å². The van der Waals surface area contributed by atoms with Gasteiger partial charge in [-0.25, -0.2) is 4.98 Å². The smallest absolute Gasteiger partial charge is 0.404 e. The number of hydrogen-bond acceptors (Lipinski definition) is 3. The van der Waals surface area contributed by atoms with E-state index in [1.54, 1.807) is 0 Å². The Morgan fingerprint density at radius 2 is 2.00 bits per heavy atom. The normalized spacial score (nSPS) is 10.9. The lowest BCUT2D eigenvalue weighted by molar-refractivity contribution is -0.274. The zero-order valence-corrected chi connectivity index (χ0v) is 8.28. The lowest BCUT2D eigenvalue weighted by Gasteiger charge is -2.10. The number of ether oxygens (including phenoxy) is 1. The molecule has 0 aliphatic heterocycles. The molecule has 15 heavy (non-hydrogen) atoms. The van der Waals surface area contributed by atoms with Crippen molar-refractivity contribution < 1.29 is 17.9 Å². The summed E-state index contributed by atoms with van der Waals surface area (Å²) in [6.07, 6.45) is -4.90. The molecule has 0 radical (unpaired) electrons. The molecule has 0 atom stereocenters. The van der Waals surface area contributed by atoms with Crippen LogP contribution in [0.1, 0.15) is 5.69 Å². The van der Waals surface area contributed by atoms with Crippen molar-refractivity contribution in [3.63, 3.8) is 0 Å². The average Bonchev–Trinajstić information content (AvgIpc) is 2.08. The Bertz CT molecular complexity index is 427. The van der Waals surface area contributed by atoms with Gasteiger partial charge in [-0.05, 0) is 0 Å². The van der Waals surface area contributed by atoms with E-state index in [9.17, 15) is 13.2 Å². The van der Waals surface area contributed by atoms with E-state index in [1.165, 1.54) is 6.07 Å². The van der Waals surface area contributed by atoms with Crippen LogP contribution < -0.4 is 4.74 Å². The second-order valence-corrected chi connectivity index (χ2v) is 3.03. The van der Waals surface area contributed by atoms with E-state index in [2.05, 4.69) is 9.72 Å². The van der Waals surface area contributed by atoms with Gasteiger partial charge in [0.05, 0.1) is 0 Å². The minimum absolute atomic E-state index is 0.310. The zero-order chi connectivity index (χ0) is 11.6. The number of alkyl halides is 3. The van der Waals surface area contributed by atoms with Gasteiger partial charge in [-0.3, -0.25) is 0 Å². The molecular weight excluding hydrogens is 256 g/mol. The van der Waals surface area contributed by atoms with Crippen molar-refractivity contribution in [1.82, 2.24) is 4.98 Å². The highest BCUT2D eigenvalue weighted by molar-refractivity contribution is 6.34. The van der Waals surface area contributed by atoms with Gasteiger partial charge in [0.15, 0.2) is 11.4 Å². The molecule has 1 aromatic rings. The van der Waals surface area contributed by atoms with E-state index in [-0.39, 0.29) is 5.15 Å². The fourth-order valence-corrected chi connectivity index (χ4v) is 1.11. The highest BCUT2D eigenvalue weighted by atomic mass is 35.5. The molecule has 0 fully saturated rings. The first-order valence-electron chi connectivity index (χ1n) is 3.35. The third-order valence-corrected chi connectivity index (χ3v) is 1.78. The summed E-state index contributed by atoms with van der Waals surface area (Å²) in [5, 5.41) is 7.63. The molecule has 0 saturated heterocycles. The van der Waals surface area contributed by atoms with Crippen LogP contribution in [0.25, 0.3) is 0 Å². The number of pyridine rings is 1. The SMILES string of the molecule is N#Cc1nc(Cl)cc(OC(F)(F)F)c1Cl. The van der Waals surface area contributed by atoms with E-state index >= 15 is 0 Å². The highest BCUT2D eigenvalue weighted by Gasteiger charge is 2.32. The maximum atomic E-state index is 11.9. The largest absolute Gasteiger partial charge is 0.573 e. The molecule has 0 aliphatic rings. The second kappa shape index (κ2) is 4.13. The molecule has 1 aromatic heterocycles. The predicted molar refractivity (Wildman–Crippen MR) is 45.7 cm³/mol. The molecule has 0 aliphatic carbocycles. The Kier molecular flexibility index (Phi) is 3.27. The number of hydrogen-bond donors (Lipinski definition) is 0. The minimum Gasteiger partial charge on any atom is -0.404 e. The quantitative estimate of drug-likeness (QED) is 0.726. The fraction of sp³-hybridized carbons (Fsp3) is 0.143. The topological polar surface area (TPSA) is 45.9 Å².